The van der Waals surface area contributed by atoms with Crippen LogP contribution in [0.4, 0.5) is 10.8 Å². The molecule has 0 saturated carbocycles. The second-order valence-corrected chi connectivity index (χ2v) is 8.95. The molecule has 0 spiro atoms. The molecular formula is C18H18N4O3S2. The van der Waals surface area contributed by atoms with E-state index in [1.54, 1.807) is 18.2 Å². The molecule has 0 bridgehead atoms. The van der Waals surface area contributed by atoms with E-state index in [4.69, 9.17) is 0 Å². The largest absolute Gasteiger partial charge is 0.296 e. The van der Waals surface area contributed by atoms with Gasteiger partial charge in [-0.2, -0.15) is 8.42 Å². The number of carbonyl (C=O) groups is 1. The molecule has 0 radical (unpaired) electrons. The summed E-state index contributed by atoms with van der Waals surface area (Å²) < 4.78 is 27.3. The maximum absolute atomic E-state index is 12.5. The Bertz CT molecular complexity index is 1090. The molecule has 1 heterocycles. The Morgan fingerprint density at radius 1 is 0.963 bits per heavy atom. The van der Waals surface area contributed by atoms with Crippen molar-refractivity contribution in [1.82, 2.24) is 10.2 Å². The number of rotatable bonds is 5. The summed E-state index contributed by atoms with van der Waals surface area (Å²) in [6.45, 7) is 5.67. The fourth-order valence-electron chi connectivity index (χ4n) is 2.36. The van der Waals surface area contributed by atoms with Gasteiger partial charge in [0, 0.05) is 5.56 Å². The molecule has 7 nitrogen and oxygen atoms in total. The quantitative estimate of drug-likeness (QED) is 0.636. The van der Waals surface area contributed by atoms with Crippen molar-refractivity contribution in [3.8, 4) is 0 Å². The molecule has 9 heteroatoms. The van der Waals surface area contributed by atoms with E-state index in [1.807, 2.05) is 45.0 Å². The minimum Gasteiger partial charge on any atom is -0.296 e. The van der Waals surface area contributed by atoms with Crippen molar-refractivity contribution in [3.63, 3.8) is 0 Å². The van der Waals surface area contributed by atoms with Crippen LogP contribution >= 0.6 is 11.3 Å². The van der Waals surface area contributed by atoms with Crippen LogP contribution in [0.3, 0.4) is 0 Å². The van der Waals surface area contributed by atoms with Crippen molar-refractivity contribution >= 4 is 38.1 Å². The lowest BCUT2D eigenvalue weighted by atomic mass is 10.1. The lowest BCUT2D eigenvalue weighted by Crippen LogP contribution is -2.13. The number of carbonyl (C=O) groups excluding carboxylic acids is 1. The number of amides is 1. The van der Waals surface area contributed by atoms with Crippen molar-refractivity contribution in [1.29, 1.82) is 0 Å². The first kappa shape index (κ1) is 19.0. The van der Waals surface area contributed by atoms with Gasteiger partial charge in [0.2, 0.25) is 5.13 Å². The second-order valence-electron chi connectivity index (χ2n) is 6.12. The van der Waals surface area contributed by atoms with E-state index < -0.39 is 10.0 Å². The average molecular weight is 403 g/mol. The lowest BCUT2D eigenvalue weighted by Gasteiger charge is -2.08. The highest BCUT2D eigenvalue weighted by Crippen LogP contribution is 2.25. The SMILES string of the molecule is Cc1ccc(C(=O)Nc2nnc(S(=O)(=O)Nc3ccc(C)cc3C)s2)cc1. The van der Waals surface area contributed by atoms with E-state index in [0.29, 0.717) is 11.3 Å². The fraction of sp³-hybridized carbons (Fsp3) is 0.167. The Hall–Kier alpha value is -2.78. The van der Waals surface area contributed by atoms with E-state index in [9.17, 15) is 13.2 Å². The topological polar surface area (TPSA) is 101 Å². The summed E-state index contributed by atoms with van der Waals surface area (Å²) in [6.07, 6.45) is 0. The molecule has 0 saturated heterocycles. The number of nitrogens with one attached hydrogen (secondary N) is 2. The van der Waals surface area contributed by atoms with E-state index in [0.717, 1.165) is 28.0 Å². The minimum atomic E-state index is -3.89. The van der Waals surface area contributed by atoms with E-state index in [1.165, 1.54) is 0 Å². The molecule has 0 fully saturated rings. The molecule has 0 unspecified atom stereocenters. The molecule has 1 aromatic heterocycles. The van der Waals surface area contributed by atoms with Crippen LogP contribution < -0.4 is 10.0 Å². The molecule has 140 valence electrons. The predicted molar refractivity (Wildman–Crippen MR) is 106 cm³/mol. The first-order chi connectivity index (χ1) is 12.7. The lowest BCUT2D eigenvalue weighted by molar-refractivity contribution is 0.102. The van der Waals surface area contributed by atoms with Crippen molar-refractivity contribution < 1.29 is 13.2 Å². The van der Waals surface area contributed by atoms with Gasteiger partial charge in [-0.1, -0.05) is 46.7 Å². The number of hydrogen-bond acceptors (Lipinski definition) is 6. The van der Waals surface area contributed by atoms with Gasteiger partial charge < -0.3 is 0 Å². The number of anilines is 2. The van der Waals surface area contributed by atoms with E-state index in [2.05, 4.69) is 20.2 Å². The van der Waals surface area contributed by atoms with Gasteiger partial charge in [-0.05, 0) is 44.5 Å². The molecule has 3 rings (SSSR count). The maximum atomic E-state index is 12.5. The zero-order chi connectivity index (χ0) is 19.6. The molecule has 2 N–H and O–H groups in total. The molecular weight excluding hydrogens is 384 g/mol. The normalized spacial score (nSPS) is 11.2. The number of aryl methyl sites for hydroxylation is 3. The van der Waals surface area contributed by atoms with E-state index >= 15 is 0 Å². The van der Waals surface area contributed by atoms with Crippen LogP contribution in [0.2, 0.25) is 0 Å². The van der Waals surface area contributed by atoms with Crippen molar-refractivity contribution in [2.24, 2.45) is 0 Å². The van der Waals surface area contributed by atoms with Crippen LogP contribution in [0, 0.1) is 20.8 Å². The van der Waals surface area contributed by atoms with Gasteiger partial charge >= 0.3 is 0 Å². The highest BCUT2D eigenvalue weighted by Gasteiger charge is 2.22. The third kappa shape index (κ3) is 4.50. The maximum Gasteiger partial charge on any atom is 0.291 e. The van der Waals surface area contributed by atoms with Crippen LogP contribution in [0.25, 0.3) is 0 Å². The van der Waals surface area contributed by atoms with E-state index in [-0.39, 0.29) is 15.4 Å². The number of benzene rings is 2. The Kier molecular flexibility index (Phi) is 5.24. The highest BCUT2D eigenvalue weighted by atomic mass is 32.2. The van der Waals surface area contributed by atoms with Gasteiger partial charge in [-0.25, -0.2) is 0 Å². The second kappa shape index (κ2) is 7.45. The van der Waals surface area contributed by atoms with Gasteiger partial charge in [0.25, 0.3) is 20.3 Å². The molecule has 1 amide bonds. The van der Waals surface area contributed by atoms with Crippen molar-refractivity contribution in [2.45, 2.75) is 25.1 Å². The summed E-state index contributed by atoms with van der Waals surface area (Å²) in [6, 6.07) is 12.4. The third-order valence-electron chi connectivity index (χ3n) is 3.80. The zero-order valence-corrected chi connectivity index (χ0v) is 16.6. The summed E-state index contributed by atoms with van der Waals surface area (Å²) in [5.74, 6) is -0.377. The smallest absolute Gasteiger partial charge is 0.291 e. The van der Waals surface area contributed by atoms with Gasteiger partial charge in [0.1, 0.15) is 0 Å². The average Bonchev–Trinajstić information content (AvgIpc) is 3.07. The third-order valence-corrected chi connectivity index (χ3v) is 6.37. The standard InChI is InChI=1S/C18H18N4O3S2/c1-11-4-7-14(8-5-11)16(23)19-17-20-21-18(26-17)27(24,25)22-15-9-6-12(2)10-13(15)3/h4-10,22H,1-3H3,(H,19,20,23). The monoisotopic (exact) mass is 402 g/mol. The summed E-state index contributed by atoms with van der Waals surface area (Å²) in [7, 11) is -3.89. The van der Waals surface area contributed by atoms with Crippen LogP contribution in [-0.4, -0.2) is 24.5 Å². The summed E-state index contributed by atoms with van der Waals surface area (Å²) in [5, 5.41) is 10.1. The Morgan fingerprint density at radius 3 is 2.30 bits per heavy atom. The summed E-state index contributed by atoms with van der Waals surface area (Å²) in [4.78, 5) is 12.2. The first-order valence-electron chi connectivity index (χ1n) is 8.06. The first-order valence-corrected chi connectivity index (χ1v) is 10.4. The van der Waals surface area contributed by atoms with Gasteiger partial charge in [-0.15, -0.1) is 10.2 Å². The molecule has 3 aromatic rings. The number of aromatic nitrogens is 2. The van der Waals surface area contributed by atoms with Crippen LogP contribution in [0.1, 0.15) is 27.0 Å². The molecule has 0 atom stereocenters. The van der Waals surface area contributed by atoms with Gasteiger partial charge in [0.15, 0.2) is 0 Å². The Labute approximate surface area is 161 Å². The number of sulfonamides is 1. The number of nitrogens with zero attached hydrogens (tertiary/aromatic N) is 2. The molecule has 0 aliphatic heterocycles. The van der Waals surface area contributed by atoms with Gasteiger partial charge in [-0.3, -0.25) is 14.8 Å². The molecule has 0 aliphatic rings. The van der Waals surface area contributed by atoms with Crippen molar-refractivity contribution in [2.75, 3.05) is 10.0 Å². The predicted octanol–water partition coefficient (Wildman–Crippen LogP) is 3.52. The summed E-state index contributed by atoms with van der Waals surface area (Å²) in [5.41, 5.74) is 3.80. The zero-order valence-electron chi connectivity index (χ0n) is 15.0. The summed E-state index contributed by atoms with van der Waals surface area (Å²) >= 11 is 0.790. The number of hydrogen-bond donors (Lipinski definition) is 2. The molecule has 0 aliphatic carbocycles. The minimum absolute atomic E-state index is 0.113. The Balaban J connectivity index is 1.75. The fourth-order valence-corrected chi connectivity index (χ4v) is 4.39. The van der Waals surface area contributed by atoms with Crippen LogP contribution in [0.15, 0.2) is 46.8 Å². The van der Waals surface area contributed by atoms with Crippen molar-refractivity contribution in [3.05, 3.63) is 64.7 Å². The van der Waals surface area contributed by atoms with Gasteiger partial charge in [0.05, 0.1) is 5.69 Å². The molecule has 2 aromatic carbocycles. The highest BCUT2D eigenvalue weighted by molar-refractivity contribution is 7.94. The van der Waals surface area contributed by atoms with Crippen LogP contribution in [-0.2, 0) is 10.0 Å². The van der Waals surface area contributed by atoms with Crippen LogP contribution in [0.5, 0.6) is 0 Å². The Morgan fingerprint density at radius 2 is 1.63 bits per heavy atom. The molecule has 27 heavy (non-hydrogen) atoms.